The third kappa shape index (κ3) is 3.89. The molecule has 1 aliphatic heterocycles. The van der Waals surface area contributed by atoms with Gasteiger partial charge in [-0.3, -0.25) is 14.9 Å². The minimum Gasteiger partial charge on any atom is -0.466 e. The molecular weight excluding hydrogens is 266 g/mol. The Morgan fingerprint density at radius 3 is 2.75 bits per heavy atom. The van der Waals surface area contributed by atoms with E-state index in [1.807, 2.05) is 0 Å². The molecule has 1 spiro atoms. The van der Waals surface area contributed by atoms with Crippen LogP contribution in [0.5, 0.6) is 0 Å². The van der Waals surface area contributed by atoms with Gasteiger partial charge in [0.2, 0.25) is 6.54 Å². The fraction of sp³-hybridized carbons (Fsp3) is 0.923. The van der Waals surface area contributed by atoms with Crippen LogP contribution < -0.4 is 0 Å². The van der Waals surface area contributed by atoms with Gasteiger partial charge in [-0.1, -0.05) is 0 Å². The minimum atomic E-state index is -0.661. The summed E-state index contributed by atoms with van der Waals surface area (Å²) in [6.45, 7) is 2.27. The Morgan fingerprint density at radius 1 is 1.45 bits per heavy atom. The van der Waals surface area contributed by atoms with Gasteiger partial charge in [-0.2, -0.15) is 0 Å². The molecule has 0 N–H and O–H groups in total. The molecule has 2 aliphatic rings. The number of carbonyl (C=O) groups is 1. The summed E-state index contributed by atoms with van der Waals surface area (Å²) in [6.07, 6.45) is 3.00. The van der Waals surface area contributed by atoms with Crippen molar-refractivity contribution in [3.63, 3.8) is 0 Å². The monoisotopic (exact) mass is 287 g/mol. The second kappa shape index (κ2) is 6.49. The van der Waals surface area contributed by atoms with E-state index in [2.05, 4.69) is 0 Å². The predicted octanol–water partition coefficient (Wildman–Crippen LogP) is 1.52. The Hall–Kier alpha value is -1.21. The first-order valence-corrected chi connectivity index (χ1v) is 7.12. The number of ether oxygens (including phenoxy) is 3. The summed E-state index contributed by atoms with van der Waals surface area (Å²) in [5.41, 5.74) is 0. The third-order valence-corrected chi connectivity index (χ3v) is 3.89. The zero-order valence-electron chi connectivity index (χ0n) is 11.7. The lowest BCUT2D eigenvalue weighted by Crippen LogP contribution is -2.37. The molecule has 0 aromatic heterocycles. The number of nitrogens with zero attached hydrogens (tertiary/aromatic N) is 1. The molecule has 2 rings (SSSR count). The van der Waals surface area contributed by atoms with Gasteiger partial charge < -0.3 is 14.2 Å². The summed E-state index contributed by atoms with van der Waals surface area (Å²) < 4.78 is 16.3. The highest BCUT2D eigenvalue weighted by molar-refractivity contribution is 5.69. The maximum absolute atomic E-state index is 11.4. The average Bonchev–Trinajstić information content (AvgIpc) is 2.75. The zero-order valence-corrected chi connectivity index (χ0v) is 11.7. The first-order valence-electron chi connectivity index (χ1n) is 7.12. The van der Waals surface area contributed by atoms with Gasteiger partial charge in [0.25, 0.3) is 0 Å². The Balaban J connectivity index is 1.77. The van der Waals surface area contributed by atoms with Gasteiger partial charge in [-0.05, 0) is 25.7 Å². The molecule has 7 heteroatoms. The highest BCUT2D eigenvalue weighted by atomic mass is 16.7. The van der Waals surface area contributed by atoms with Gasteiger partial charge in [-0.25, -0.2) is 0 Å². The van der Waals surface area contributed by atoms with E-state index >= 15 is 0 Å². The molecular formula is C13H21NO6. The SMILES string of the molecule is CCOC(=O)CC1CCC2(CC1)OCC(C[N+](=O)[O-])O2. The van der Waals surface area contributed by atoms with Gasteiger partial charge in [0.15, 0.2) is 5.79 Å². The summed E-state index contributed by atoms with van der Waals surface area (Å²) in [5, 5.41) is 10.5. The summed E-state index contributed by atoms with van der Waals surface area (Å²) in [4.78, 5) is 21.5. The van der Waals surface area contributed by atoms with Crippen molar-refractivity contribution in [3.8, 4) is 0 Å². The van der Waals surface area contributed by atoms with E-state index in [0.717, 1.165) is 12.8 Å². The van der Waals surface area contributed by atoms with Crippen molar-refractivity contribution in [2.75, 3.05) is 19.8 Å². The quantitative estimate of drug-likeness (QED) is 0.433. The summed E-state index contributed by atoms with van der Waals surface area (Å²) in [7, 11) is 0. The maximum Gasteiger partial charge on any atom is 0.306 e. The fourth-order valence-electron chi connectivity index (χ4n) is 2.91. The van der Waals surface area contributed by atoms with Gasteiger partial charge >= 0.3 is 5.97 Å². The average molecular weight is 287 g/mol. The van der Waals surface area contributed by atoms with Crippen molar-refractivity contribution in [2.24, 2.45) is 5.92 Å². The topological polar surface area (TPSA) is 87.9 Å². The van der Waals surface area contributed by atoms with Crippen molar-refractivity contribution in [2.45, 2.75) is 50.9 Å². The first kappa shape index (κ1) is 15.2. The molecule has 114 valence electrons. The minimum absolute atomic E-state index is 0.159. The largest absolute Gasteiger partial charge is 0.466 e. The van der Waals surface area contributed by atoms with E-state index in [0.29, 0.717) is 31.8 Å². The van der Waals surface area contributed by atoms with E-state index in [1.54, 1.807) is 6.92 Å². The molecule has 7 nitrogen and oxygen atoms in total. The van der Waals surface area contributed by atoms with Crippen molar-refractivity contribution in [1.82, 2.24) is 0 Å². The standard InChI is InChI=1S/C13H21NO6/c1-2-18-12(15)7-10-3-5-13(6-4-10)19-9-11(20-13)8-14(16)17/h10-11H,2-9H2,1H3. The van der Waals surface area contributed by atoms with Crippen molar-refractivity contribution in [1.29, 1.82) is 0 Å². The van der Waals surface area contributed by atoms with E-state index in [4.69, 9.17) is 14.2 Å². The number of hydrogen-bond donors (Lipinski definition) is 0. The first-order chi connectivity index (χ1) is 9.53. The van der Waals surface area contributed by atoms with Gasteiger partial charge in [0.05, 0.1) is 13.2 Å². The molecule has 1 atom stereocenters. The molecule has 20 heavy (non-hydrogen) atoms. The summed E-state index contributed by atoms with van der Waals surface area (Å²) in [6, 6.07) is 0. The molecule has 1 saturated carbocycles. The third-order valence-electron chi connectivity index (χ3n) is 3.89. The lowest BCUT2D eigenvalue weighted by molar-refractivity contribution is -0.491. The molecule has 1 heterocycles. The van der Waals surface area contributed by atoms with E-state index in [-0.39, 0.29) is 24.0 Å². The van der Waals surface area contributed by atoms with Crippen LogP contribution in [-0.2, 0) is 19.0 Å². The number of nitro groups is 1. The number of esters is 1. The molecule has 0 bridgehead atoms. The van der Waals surface area contributed by atoms with Crippen LogP contribution in [0.1, 0.15) is 39.0 Å². The summed E-state index contributed by atoms with van der Waals surface area (Å²) >= 11 is 0. The Kier molecular flexibility index (Phi) is 4.93. The Morgan fingerprint density at radius 2 is 2.15 bits per heavy atom. The fourth-order valence-corrected chi connectivity index (χ4v) is 2.91. The van der Waals surface area contributed by atoms with E-state index in [1.165, 1.54) is 0 Å². The maximum atomic E-state index is 11.4. The molecule has 0 aromatic rings. The molecule has 1 unspecified atom stereocenters. The van der Waals surface area contributed by atoms with E-state index < -0.39 is 11.9 Å². The second-order valence-electron chi connectivity index (χ2n) is 5.43. The molecule has 0 aromatic carbocycles. The number of rotatable bonds is 5. The van der Waals surface area contributed by atoms with Crippen LogP contribution in [0.25, 0.3) is 0 Å². The van der Waals surface area contributed by atoms with Gasteiger partial charge in [0, 0.05) is 24.2 Å². The lowest BCUT2D eigenvalue weighted by Gasteiger charge is -2.35. The van der Waals surface area contributed by atoms with Crippen LogP contribution in [0.4, 0.5) is 0 Å². The van der Waals surface area contributed by atoms with E-state index in [9.17, 15) is 14.9 Å². The van der Waals surface area contributed by atoms with Crippen LogP contribution >= 0.6 is 0 Å². The zero-order chi connectivity index (χ0) is 14.6. The Labute approximate surface area is 117 Å². The second-order valence-corrected chi connectivity index (χ2v) is 5.43. The van der Waals surface area contributed by atoms with Crippen LogP contribution in [-0.4, -0.2) is 42.5 Å². The number of hydrogen-bond acceptors (Lipinski definition) is 6. The van der Waals surface area contributed by atoms with Crippen LogP contribution in [0, 0.1) is 16.0 Å². The smallest absolute Gasteiger partial charge is 0.306 e. The van der Waals surface area contributed by atoms with Crippen molar-refractivity contribution in [3.05, 3.63) is 10.1 Å². The Bertz CT molecular complexity index is 364. The molecule has 1 saturated heterocycles. The molecule has 0 radical (unpaired) electrons. The molecule has 0 amide bonds. The normalized spacial score (nSPS) is 33.2. The molecule has 2 fully saturated rings. The van der Waals surface area contributed by atoms with Crippen LogP contribution in [0.2, 0.25) is 0 Å². The highest BCUT2D eigenvalue weighted by Crippen LogP contribution is 2.41. The predicted molar refractivity (Wildman–Crippen MR) is 68.6 cm³/mol. The van der Waals surface area contributed by atoms with Gasteiger partial charge in [0.1, 0.15) is 6.10 Å². The van der Waals surface area contributed by atoms with Crippen LogP contribution in [0.3, 0.4) is 0 Å². The summed E-state index contributed by atoms with van der Waals surface area (Å²) in [5.74, 6) is -0.527. The van der Waals surface area contributed by atoms with Crippen molar-refractivity contribution >= 4 is 5.97 Å². The highest BCUT2D eigenvalue weighted by Gasteiger charge is 2.45. The van der Waals surface area contributed by atoms with Gasteiger partial charge in [-0.15, -0.1) is 0 Å². The van der Waals surface area contributed by atoms with Crippen LogP contribution in [0.15, 0.2) is 0 Å². The molecule has 1 aliphatic carbocycles. The lowest BCUT2D eigenvalue weighted by atomic mass is 9.83. The number of carbonyl (C=O) groups excluding carboxylic acids is 1. The van der Waals surface area contributed by atoms with Crippen molar-refractivity contribution < 1.29 is 23.9 Å².